The van der Waals surface area contributed by atoms with Crippen LogP contribution < -0.4 is 0 Å². The highest BCUT2D eigenvalue weighted by Gasteiger charge is 2.34. The first-order valence-electron chi connectivity index (χ1n) is 3.04. The quantitative estimate of drug-likeness (QED) is 0.768. The van der Waals surface area contributed by atoms with Gasteiger partial charge in [0.05, 0.1) is 0 Å². The van der Waals surface area contributed by atoms with Crippen LogP contribution in [0.1, 0.15) is 5.82 Å². The fraction of sp³-hybridized carbons (Fsp3) is 0.500. The Kier molecular flexibility index (Phi) is 3.60. The summed E-state index contributed by atoms with van der Waals surface area (Å²) in [5.41, 5.74) is 0. The topological polar surface area (TPSA) is 38.0 Å². The minimum Gasteiger partial charge on any atom is -0.390 e. The maximum absolute atomic E-state index is 12.6. The molecule has 12 heavy (non-hydrogen) atoms. The Morgan fingerprint density at radius 2 is 2.25 bits per heavy atom. The fourth-order valence-electron chi connectivity index (χ4n) is 0.789. The molecule has 0 unspecified atom stereocenters. The van der Waals surface area contributed by atoms with Crippen molar-refractivity contribution in [3.63, 3.8) is 0 Å². The number of hydrogen-bond donors (Lipinski definition) is 1. The van der Waals surface area contributed by atoms with Gasteiger partial charge in [0.2, 0.25) is 0 Å². The van der Waals surface area contributed by atoms with E-state index in [0.29, 0.717) is 0 Å². The second kappa shape index (κ2) is 3.82. The highest BCUT2D eigenvalue weighted by Crippen LogP contribution is 2.24. The van der Waals surface area contributed by atoms with E-state index in [2.05, 4.69) is 4.98 Å². The third kappa shape index (κ3) is 1.92. The first-order chi connectivity index (χ1) is 5.08. The van der Waals surface area contributed by atoms with Crippen LogP contribution in [0.25, 0.3) is 0 Å². The van der Waals surface area contributed by atoms with Crippen LogP contribution >= 0.6 is 12.4 Å². The van der Waals surface area contributed by atoms with E-state index in [1.165, 1.54) is 24.0 Å². The van der Waals surface area contributed by atoms with Gasteiger partial charge in [-0.05, 0) is 0 Å². The van der Waals surface area contributed by atoms with Crippen molar-refractivity contribution in [1.29, 1.82) is 0 Å². The summed E-state index contributed by atoms with van der Waals surface area (Å²) >= 11 is 0. The van der Waals surface area contributed by atoms with Gasteiger partial charge >= 0.3 is 5.92 Å². The van der Waals surface area contributed by atoms with Crippen LogP contribution in [0, 0.1) is 0 Å². The van der Waals surface area contributed by atoms with Crippen molar-refractivity contribution in [3.05, 3.63) is 18.2 Å². The molecule has 0 saturated carbocycles. The number of aryl methyl sites for hydroxylation is 1. The highest BCUT2D eigenvalue weighted by molar-refractivity contribution is 5.85. The normalized spacial score (nSPS) is 11.0. The Labute approximate surface area is 74.4 Å². The molecule has 0 aliphatic rings. The van der Waals surface area contributed by atoms with Gasteiger partial charge in [0.1, 0.15) is 6.61 Å². The number of alkyl halides is 2. The first-order valence-corrected chi connectivity index (χ1v) is 3.04. The van der Waals surface area contributed by atoms with Crippen LogP contribution in [0.5, 0.6) is 0 Å². The van der Waals surface area contributed by atoms with Crippen LogP contribution in [0.2, 0.25) is 0 Å². The second-order valence-electron chi connectivity index (χ2n) is 2.22. The van der Waals surface area contributed by atoms with Gasteiger partial charge < -0.3 is 9.67 Å². The first kappa shape index (κ1) is 11.3. The molecule has 0 saturated heterocycles. The molecule has 0 amide bonds. The molecule has 0 fully saturated rings. The number of imidazole rings is 1. The summed E-state index contributed by atoms with van der Waals surface area (Å²) < 4.78 is 26.5. The smallest absolute Gasteiger partial charge is 0.327 e. The molecule has 0 atom stereocenters. The lowest BCUT2D eigenvalue weighted by atomic mass is 10.3. The van der Waals surface area contributed by atoms with Gasteiger partial charge in [0, 0.05) is 19.4 Å². The molecular formula is C6H9ClF2N2O. The number of rotatable bonds is 2. The number of aliphatic hydroxyl groups excluding tert-OH is 1. The van der Waals surface area contributed by atoms with Gasteiger partial charge in [-0.2, -0.15) is 8.78 Å². The van der Waals surface area contributed by atoms with E-state index in [1.807, 2.05) is 0 Å². The number of hydrogen-bond acceptors (Lipinski definition) is 2. The monoisotopic (exact) mass is 198 g/mol. The summed E-state index contributed by atoms with van der Waals surface area (Å²) in [5.74, 6) is -3.65. The molecule has 1 N–H and O–H groups in total. The molecule has 0 aliphatic carbocycles. The predicted molar refractivity (Wildman–Crippen MR) is 41.4 cm³/mol. The van der Waals surface area contributed by atoms with Crippen molar-refractivity contribution in [1.82, 2.24) is 9.55 Å². The molecule has 0 aromatic carbocycles. The van der Waals surface area contributed by atoms with Gasteiger partial charge in [-0.1, -0.05) is 0 Å². The number of nitrogens with zero attached hydrogens (tertiary/aromatic N) is 2. The van der Waals surface area contributed by atoms with Crippen molar-refractivity contribution in [2.24, 2.45) is 7.05 Å². The Bertz CT molecular complexity index is 251. The van der Waals surface area contributed by atoms with Gasteiger partial charge in [-0.3, -0.25) is 0 Å². The van der Waals surface area contributed by atoms with Crippen molar-refractivity contribution < 1.29 is 13.9 Å². The lowest BCUT2D eigenvalue weighted by molar-refractivity contribution is -0.0650. The van der Waals surface area contributed by atoms with Gasteiger partial charge in [0.15, 0.2) is 5.82 Å². The summed E-state index contributed by atoms with van der Waals surface area (Å²) in [6.07, 6.45) is 2.66. The molecule has 0 spiro atoms. The maximum Gasteiger partial charge on any atom is 0.327 e. The predicted octanol–water partition coefficient (Wildman–Crippen LogP) is 0.926. The van der Waals surface area contributed by atoms with E-state index in [0.717, 1.165) is 0 Å². The van der Waals surface area contributed by atoms with Crippen molar-refractivity contribution in [2.75, 3.05) is 6.61 Å². The molecular weight excluding hydrogens is 190 g/mol. The van der Waals surface area contributed by atoms with Gasteiger partial charge in [-0.15, -0.1) is 12.4 Å². The third-order valence-electron chi connectivity index (χ3n) is 1.35. The summed E-state index contributed by atoms with van der Waals surface area (Å²) in [4.78, 5) is 3.41. The Hall–Kier alpha value is -0.680. The van der Waals surface area contributed by atoms with Crippen molar-refractivity contribution in [2.45, 2.75) is 5.92 Å². The van der Waals surface area contributed by atoms with E-state index in [4.69, 9.17) is 5.11 Å². The standard InChI is InChI=1S/C6H8F2N2O.ClH/c1-10-3-2-9-5(10)6(7,8)4-11;/h2-3,11H,4H2,1H3;1H. The molecule has 1 rings (SSSR count). The molecule has 0 aliphatic heterocycles. The van der Waals surface area contributed by atoms with Crippen LogP contribution in [0.3, 0.4) is 0 Å². The minimum atomic E-state index is -3.24. The molecule has 1 heterocycles. The molecule has 0 bridgehead atoms. The third-order valence-corrected chi connectivity index (χ3v) is 1.35. The Balaban J connectivity index is 0.00000121. The zero-order valence-electron chi connectivity index (χ0n) is 6.37. The van der Waals surface area contributed by atoms with E-state index in [9.17, 15) is 8.78 Å². The SMILES string of the molecule is Cl.Cn1ccnc1C(F)(F)CO. The second-order valence-corrected chi connectivity index (χ2v) is 2.22. The summed E-state index contributed by atoms with van der Waals surface area (Å²) in [6, 6.07) is 0. The van der Waals surface area contributed by atoms with Gasteiger partial charge in [0.25, 0.3) is 0 Å². The lowest BCUT2D eigenvalue weighted by Gasteiger charge is -2.11. The number of aromatic nitrogens is 2. The van der Waals surface area contributed by atoms with Gasteiger partial charge in [-0.25, -0.2) is 4.98 Å². The zero-order chi connectivity index (χ0) is 8.48. The Morgan fingerprint density at radius 3 is 2.58 bits per heavy atom. The number of halogens is 3. The van der Waals surface area contributed by atoms with E-state index >= 15 is 0 Å². The van der Waals surface area contributed by atoms with Crippen LogP contribution in [-0.4, -0.2) is 21.3 Å². The lowest BCUT2D eigenvalue weighted by Crippen LogP contribution is -2.22. The van der Waals surface area contributed by atoms with E-state index < -0.39 is 18.4 Å². The largest absolute Gasteiger partial charge is 0.390 e. The highest BCUT2D eigenvalue weighted by atomic mass is 35.5. The Morgan fingerprint density at radius 1 is 1.67 bits per heavy atom. The summed E-state index contributed by atoms with van der Waals surface area (Å²) in [6.45, 7) is -1.21. The average Bonchev–Trinajstić information content (AvgIpc) is 2.36. The molecule has 1 aromatic heterocycles. The van der Waals surface area contributed by atoms with Crippen LogP contribution in [-0.2, 0) is 13.0 Å². The molecule has 0 radical (unpaired) electrons. The summed E-state index contributed by atoms with van der Waals surface area (Å²) in [5, 5.41) is 8.29. The van der Waals surface area contributed by atoms with Crippen LogP contribution in [0.15, 0.2) is 12.4 Å². The van der Waals surface area contributed by atoms with Crippen molar-refractivity contribution >= 4 is 12.4 Å². The molecule has 70 valence electrons. The minimum absolute atomic E-state index is 0. The maximum atomic E-state index is 12.6. The fourth-order valence-corrected chi connectivity index (χ4v) is 0.789. The average molecular weight is 199 g/mol. The molecule has 3 nitrogen and oxygen atoms in total. The number of aliphatic hydroxyl groups is 1. The molecule has 1 aromatic rings. The summed E-state index contributed by atoms with van der Waals surface area (Å²) in [7, 11) is 1.45. The molecule has 6 heteroatoms. The van der Waals surface area contributed by atoms with Crippen molar-refractivity contribution in [3.8, 4) is 0 Å². The van der Waals surface area contributed by atoms with E-state index in [1.54, 1.807) is 0 Å². The van der Waals surface area contributed by atoms with E-state index in [-0.39, 0.29) is 12.4 Å². The zero-order valence-corrected chi connectivity index (χ0v) is 7.18. The van der Waals surface area contributed by atoms with Crippen LogP contribution in [0.4, 0.5) is 8.78 Å².